The summed E-state index contributed by atoms with van der Waals surface area (Å²) in [5.41, 5.74) is 6.27. The van der Waals surface area contributed by atoms with E-state index in [1.165, 1.54) is 5.69 Å². The van der Waals surface area contributed by atoms with Crippen LogP contribution in [0.4, 0.5) is 17.3 Å². The first-order valence-electron chi connectivity index (χ1n) is 10.8. The Morgan fingerprint density at radius 3 is 2.69 bits per heavy atom. The van der Waals surface area contributed by atoms with Gasteiger partial charge in [0.15, 0.2) is 0 Å². The molecule has 3 heterocycles. The van der Waals surface area contributed by atoms with E-state index in [9.17, 15) is 0 Å². The van der Waals surface area contributed by atoms with E-state index in [4.69, 9.17) is 15.1 Å². The van der Waals surface area contributed by atoms with Crippen LogP contribution < -0.4 is 10.2 Å². The quantitative estimate of drug-likeness (QED) is 0.493. The average molecular weight is 425 g/mol. The van der Waals surface area contributed by atoms with E-state index in [0.29, 0.717) is 12.4 Å². The number of nitriles is 1. The van der Waals surface area contributed by atoms with Gasteiger partial charge in [0.25, 0.3) is 0 Å². The van der Waals surface area contributed by atoms with Crippen LogP contribution in [-0.4, -0.2) is 40.9 Å². The molecular weight excluding hydrogens is 400 g/mol. The first kappa shape index (κ1) is 20.0. The molecule has 0 amide bonds. The highest BCUT2D eigenvalue weighted by atomic mass is 16.5. The van der Waals surface area contributed by atoms with E-state index >= 15 is 0 Å². The predicted molar refractivity (Wildman–Crippen MR) is 125 cm³/mol. The van der Waals surface area contributed by atoms with Gasteiger partial charge in [-0.25, -0.2) is 9.50 Å². The number of benzene rings is 2. The van der Waals surface area contributed by atoms with E-state index in [0.717, 1.165) is 60.7 Å². The molecule has 0 radical (unpaired) electrons. The molecule has 0 spiro atoms. The molecule has 1 N–H and O–H groups in total. The lowest BCUT2D eigenvalue weighted by atomic mass is 10.1. The Bertz CT molecular complexity index is 1250. The Balaban J connectivity index is 1.37. The van der Waals surface area contributed by atoms with E-state index in [2.05, 4.69) is 51.6 Å². The molecule has 1 aliphatic heterocycles. The third-order valence-corrected chi connectivity index (χ3v) is 5.65. The molecule has 32 heavy (non-hydrogen) atoms. The Morgan fingerprint density at radius 1 is 1.03 bits per heavy atom. The van der Waals surface area contributed by atoms with Crippen LogP contribution >= 0.6 is 0 Å². The lowest BCUT2D eigenvalue weighted by Gasteiger charge is -2.28. The zero-order valence-electron chi connectivity index (χ0n) is 17.7. The fourth-order valence-electron chi connectivity index (χ4n) is 3.97. The molecule has 2 aromatic carbocycles. The van der Waals surface area contributed by atoms with Gasteiger partial charge in [0.1, 0.15) is 0 Å². The minimum atomic E-state index is 0.513. The Hall–Kier alpha value is -3.89. The van der Waals surface area contributed by atoms with Crippen LogP contribution in [0.5, 0.6) is 0 Å². The second-order valence-corrected chi connectivity index (χ2v) is 7.77. The average Bonchev–Trinajstić information content (AvgIpc) is 3.27. The fraction of sp³-hybridized carbons (Fsp3) is 0.240. The summed E-state index contributed by atoms with van der Waals surface area (Å²) in [6.07, 6.45) is 3.08. The molecule has 2 aromatic heterocycles. The van der Waals surface area contributed by atoms with Crippen molar-refractivity contribution in [1.82, 2.24) is 14.6 Å². The molecule has 0 atom stereocenters. The molecule has 7 nitrogen and oxygen atoms in total. The molecule has 1 fully saturated rings. The van der Waals surface area contributed by atoms with Crippen molar-refractivity contribution in [2.45, 2.75) is 12.8 Å². The fourth-order valence-corrected chi connectivity index (χ4v) is 3.97. The first-order chi connectivity index (χ1) is 15.8. The molecular formula is C25H24N6O. The maximum atomic E-state index is 8.87. The van der Waals surface area contributed by atoms with Gasteiger partial charge in [-0.3, -0.25) is 0 Å². The van der Waals surface area contributed by atoms with Crippen LogP contribution in [-0.2, 0) is 11.2 Å². The third-order valence-electron chi connectivity index (χ3n) is 5.65. The van der Waals surface area contributed by atoms with Gasteiger partial charge >= 0.3 is 0 Å². The molecule has 1 aliphatic rings. The number of aromatic nitrogens is 3. The van der Waals surface area contributed by atoms with Crippen molar-refractivity contribution in [1.29, 1.82) is 5.26 Å². The van der Waals surface area contributed by atoms with Crippen molar-refractivity contribution in [2.24, 2.45) is 0 Å². The summed E-state index contributed by atoms with van der Waals surface area (Å²) >= 11 is 0. The van der Waals surface area contributed by atoms with Gasteiger partial charge < -0.3 is 15.0 Å². The van der Waals surface area contributed by atoms with Crippen LogP contribution in [0.15, 0.2) is 66.9 Å². The number of nitrogens with one attached hydrogen (secondary N) is 1. The Labute approximate surface area is 186 Å². The molecule has 5 rings (SSSR count). The Morgan fingerprint density at radius 2 is 1.88 bits per heavy atom. The summed E-state index contributed by atoms with van der Waals surface area (Å²) < 4.78 is 7.34. The van der Waals surface area contributed by atoms with E-state index in [1.54, 1.807) is 0 Å². The SMILES string of the molecule is N#CCCc1cccc(-c2ccc3cnc(Nc4ccc(N5CCOCC5)cc4)nn23)c1. The number of rotatable bonds is 6. The van der Waals surface area contributed by atoms with Crippen LogP contribution in [0.25, 0.3) is 16.8 Å². The number of anilines is 3. The van der Waals surface area contributed by atoms with Crippen LogP contribution in [0.2, 0.25) is 0 Å². The van der Waals surface area contributed by atoms with Gasteiger partial charge in [-0.2, -0.15) is 5.26 Å². The lowest BCUT2D eigenvalue weighted by Crippen LogP contribution is -2.36. The summed E-state index contributed by atoms with van der Waals surface area (Å²) in [5.74, 6) is 0.537. The highest BCUT2D eigenvalue weighted by Gasteiger charge is 2.12. The second-order valence-electron chi connectivity index (χ2n) is 7.77. The monoisotopic (exact) mass is 424 g/mol. The van der Waals surface area contributed by atoms with Gasteiger partial charge in [-0.05, 0) is 54.4 Å². The van der Waals surface area contributed by atoms with Crippen LogP contribution in [0.1, 0.15) is 12.0 Å². The van der Waals surface area contributed by atoms with Crippen molar-refractivity contribution in [3.05, 3.63) is 72.4 Å². The second kappa shape index (κ2) is 9.08. The standard InChI is InChI=1S/C25H24N6O/c26-12-2-4-19-3-1-5-20(17-19)24-11-10-23-18-27-25(29-31(23)24)28-21-6-8-22(9-7-21)30-13-15-32-16-14-30/h1,3,5-11,17-18H,2,4,13-16H2,(H,28,29). The van der Waals surface area contributed by atoms with Crippen molar-refractivity contribution in [3.63, 3.8) is 0 Å². The largest absolute Gasteiger partial charge is 0.378 e. The van der Waals surface area contributed by atoms with Crippen LogP contribution in [0.3, 0.4) is 0 Å². The number of ether oxygens (including phenoxy) is 1. The minimum Gasteiger partial charge on any atom is -0.378 e. The van der Waals surface area contributed by atoms with Gasteiger partial charge in [0.05, 0.1) is 36.7 Å². The highest BCUT2D eigenvalue weighted by Crippen LogP contribution is 2.25. The van der Waals surface area contributed by atoms with Gasteiger partial charge in [-0.15, -0.1) is 5.10 Å². The molecule has 7 heteroatoms. The van der Waals surface area contributed by atoms with Crippen molar-refractivity contribution >= 4 is 22.8 Å². The van der Waals surface area contributed by atoms with Crippen molar-refractivity contribution < 1.29 is 4.74 Å². The van der Waals surface area contributed by atoms with Gasteiger partial charge in [0, 0.05) is 36.4 Å². The van der Waals surface area contributed by atoms with Gasteiger partial charge in [0.2, 0.25) is 5.95 Å². The number of hydrogen-bond donors (Lipinski definition) is 1. The summed E-state index contributed by atoms with van der Waals surface area (Å²) in [4.78, 5) is 6.80. The molecule has 0 aliphatic carbocycles. The number of fused-ring (bicyclic) bond motifs is 1. The summed E-state index contributed by atoms with van der Waals surface area (Å²) in [7, 11) is 0. The maximum Gasteiger partial charge on any atom is 0.245 e. The normalized spacial score (nSPS) is 13.8. The summed E-state index contributed by atoms with van der Waals surface area (Å²) in [6.45, 7) is 3.38. The number of morpholine rings is 1. The Kier molecular flexibility index (Phi) is 5.69. The van der Waals surface area contributed by atoms with E-state index in [1.807, 2.05) is 41.0 Å². The predicted octanol–water partition coefficient (Wildman–Crippen LogP) is 4.43. The molecule has 160 valence electrons. The molecule has 1 saturated heterocycles. The van der Waals surface area contributed by atoms with Crippen molar-refractivity contribution in [2.75, 3.05) is 36.5 Å². The zero-order valence-corrected chi connectivity index (χ0v) is 17.7. The topological polar surface area (TPSA) is 78.5 Å². The number of nitrogens with zero attached hydrogens (tertiary/aromatic N) is 5. The van der Waals surface area contributed by atoms with E-state index < -0.39 is 0 Å². The van der Waals surface area contributed by atoms with Crippen molar-refractivity contribution in [3.8, 4) is 17.3 Å². The minimum absolute atomic E-state index is 0.513. The molecule has 0 bridgehead atoms. The molecule has 4 aromatic rings. The maximum absolute atomic E-state index is 8.87. The van der Waals surface area contributed by atoms with Gasteiger partial charge in [-0.1, -0.05) is 18.2 Å². The summed E-state index contributed by atoms with van der Waals surface area (Å²) in [5, 5.41) is 16.9. The molecule has 0 unspecified atom stereocenters. The number of aryl methyl sites for hydroxylation is 1. The summed E-state index contributed by atoms with van der Waals surface area (Å²) in [6, 6.07) is 22.9. The van der Waals surface area contributed by atoms with Crippen LogP contribution in [0, 0.1) is 11.3 Å². The zero-order chi connectivity index (χ0) is 21.8. The smallest absolute Gasteiger partial charge is 0.245 e. The lowest BCUT2D eigenvalue weighted by molar-refractivity contribution is 0.122. The number of hydrogen-bond acceptors (Lipinski definition) is 6. The highest BCUT2D eigenvalue weighted by molar-refractivity contribution is 5.67. The third kappa shape index (κ3) is 4.27. The van der Waals surface area contributed by atoms with E-state index in [-0.39, 0.29) is 0 Å². The first-order valence-corrected chi connectivity index (χ1v) is 10.8. The molecule has 0 saturated carbocycles.